The smallest absolute Gasteiger partial charge is 0.255 e. The van der Waals surface area contributed by atoms with Gasteiger partial charge >= 0.3 is 0 Å². The molecule has 18 heteroatoms. The number of piperidine rings is 2. The number of ether oxygens (including phenoxy) is 1. The zero-order valence-electron chi connectivity index (χ0n) is 39.7. The zero-order chi connectivity index (χ0) is 48.2. The minimum absolute atomic E-state index is 0.162. The molecule has 0 bridgehead atoms. The van der Waals surface area contributed by atoms with Gasteiger partial charge in [-0.1, -0.05) is 18.3 Å². The van der Waals surface area contributed by atoms with E-state index in [9.17, 15) is 18.9 Å². The molecule has 3 saturated heterocycles. The third kappa shape index (κ3) is 10.9. The molecule has 0 saturated carbocycles. The summed E-state index contributed by atoms with van der Waals surface area (Å²) in [5, 5.41) is 9.73. The highest BCUT2D eigenvalue weighted by molar-refractivity contribution is 9.10. The van der Waals surface area contributed by atoms with Crippen LogP contribution >= 0.6 is 23.1 Å². The molecule has 1 unspecified atom stereocenters. The fourth-order valence-corrected chi connectivity index (χ4v) is 11.8. The number of unbranched alkanes of at least 4 members (excludes halogenated alkanes) is 3. The Hall–Kier alpha value is -5.92. The van der Waals surface area contributed by atoms with Crippen molar-refractivity contribution in [2.75, 3.05) is 81.8 Å². The lowest BCUT2D eigenvalue weighted by Gasteiger charge is -2.43. The summed E-state index contributed by atoms with van der Waals surface area (Å²) in [6.07, 6.45) is 11.9. The molecule has 3 N–H and O–H groups in total. The Morgan fingerprint density at radius 2 is 1.70 bits per heavy atom. The van der Waals surface area contributed by atoms with Crippen LogP contribution in [0.5, 0.6) is 5.75 Å². The van der Waals surface area contributed by atoms with Gasteiger partial charge in [0, 0.05) is 106 Å². The Morgan fingerprint density at radius 3 is 2.46 bits per heavy atom. The SMILES string of the molecule is COc1cc(N2CCC(N3CCN(CCCCCC#Cc4ccc5c(c4)CN(C4CCC(=O)NC4=O)C5=O)CC3)CC2)c(C)cc1Nc1ncc(Br)c(Nc2ccc3nccnc3c2P(C)(C)=O)n1. The van der Waals surface area contributed by atoms with E-state index in [1.165, 1.54) is 5.69 Å². The molecule has 3 amide bonds. The zero-order valence-corrected chi connectivity index (χ0v) is 42.2. The molecule has 9 rings (SSSR count). The first-order valence-corrected chi connectivity index (χ1v) is 27.2. The number of imide groups is 1. The summed E-state index contributed by atoms with van der Waals surface area (Å²) >= 11 is 3.59. The van der Waals surface area contributed by atoms with Gasteiger partial charge in [0.1, 0.15) is 30.3 Å². The fourth-order valence-electron chi connectivity index (χ4n) is 10.1. The number of methoxy groups -OCH3 is 1. The summed E-state index contributed by atoms with van der Waals surface area (Å²) in [4.78, 5) is 64.6. The van der Waals surface area contributed by atoms with Crippen molar-refractivity contribution >= 4 is 86.0 Å². The first-order valence-electron chi connectivity index (χ1n) is 23.8. The molecule has 360 valence electrons. The first kappa shape index (κ1) is 48.1. The van der Waals surface area contributed by atoms with Crippen molar-refractivity contribution in [1.82, 2.24) is 40.0 Å². The predicted octanol–water partition coefficient (Wildman–Crippen LogP) is 7.19. The van der Waals surface area contributed by atoms with E-state index >= 15 is 0 Å². The first-order chi connectivity index (χ1) is 33.3. The van der Waals surface area contributed by atoms with Crippen LogP contribution in [0.1, 0.15) is 78.4 Å². The van der Waals surface area contributed by atoms with Crippen LogP contribution in [0, 0.1) is 18.8 Å². The molecule has 0 radical (unpaired) electrons. The second-order valence-electron chi connectivity index (χ2n) is 18.7. The number of benzene rings is 3. The maximum absolute atomic E-state index is 13.5. The number of nitrogens with one attached hydrogen (secondary N) is 3. The number of hydrogen-bond acceptors (Lipinski definition) is 14. The van der Waals surface area contributed by atoms with Crippen molar-refractivity contribution in [3.63, 3.8) is 0 Å². The summed E-state index contributed by atoms with van der Waals surface area (Å²) in [5.41, 5.74) is 7.36. The van der Waals surface area contributed by atoms with E-state index in [-0.39, 0.29) is 18.2 Å². The number of hydrogen-bond donors (Lipinski definition) is 3. The van der Waals surface area contributed by atoms with Crippen molar-refractivity contribution in [2.24, 2.45) is 0 Å². The lowest BCUT2D eigenvalue weighted by atomic mass is 10.00. The number of amides is 3. The molecule has 4 aliphatic rings. The van der Waals surface area contributed by atoms with Crippen molar-refractivity contribution in [3.8, 4) is 17.6 Å². The molecule has 2 aromatic heterocycles. The van der Waals surface area contributed by atoms with Gasteiger partial charge in [-0.15, -0.1) is 0 Å². The van der Waals surface area contributed by atoms with Crippen molar-refractivity contribution in [2.45, 2.75) is 76.9 Å². The Balaban J connectivity index is 0.710. The Kier molecular flexibility index (Phi) is 14.6. The number of nitrogens with zero attached hydrogens (tertiary/aromatic N) is 8. The third-order valence-electron chi connectivity index (χ3n) is 13.7. The number of rotatable bonds is 14. The van der Waals surface area contributed by atoms with Crippen molar-refractivity contribution in [3.05, 3.63) is 87.8 Å². The molecule has 6 heterocycles. The van der Waals surface area contributed by atoms with Crippen LogP contribution in [0.2, 0.25) is 0 Å². The second-order valence-corrected chi connectivity index (χ2v) is 22.7. The Morgan fingerprint density at radius 1 is 0.899 bits per heavy atom. The topological polar surface area (TPSA) is 178 Å². The number of carbonyl (C=O) groups is 3. The number of anilines is 5. The van der Waals surface area contributed by atoms with E-state index in [2.05, 4.69) is 92.4 Å². The quantitative estimate of drug-likeness (QED) is 0.0441. The molecule has 69 heavy (non-hydrogen) atoms. The highest BCUT2D eigenvalue weighted by atomic mass is 79.9. The molecule has 16 nitrogen and oxygen atoms in total. The predicted molar refractivity (Wildman–Crippen MR) is 274 cm³/mol. The lowest BCUT2D eigenvalue weighted by Crippen LogP contribution is -2.53. The van der Waals surface area contributed by atoms with E-state index < -0.39 is 19.1 Å². The lowest BCUT2D eigenvalue weighted by molar-refractivity contribution is -0.136. The number of fused-ring (bicyclic) bond motifs is 2. The van der Waals surface area contributed by atoms with E-state index in [0.29, 0.717) is 68.6 Å². The monoisotopic (exact) mass is 1020 g/mol. The molecule has 3 fully saturated rings. The van der Waals surface area contributed by atoms with Gasteiger partial charge in [-0.25, -0.2) is 4.98 Å². The van der Waals surface area contributed by atoms with Crippen LogP contribution in [0.3, 0.4) is 0 Å². The van der Waals surface area contributed by atoms with Crippen molar-refractivity contribution < 1.29 is 23.7 Å². The van der Waals surface area contributed by atoms with Gasteiger partial charge in [-0.2, -0.15) is 4.98 Å². The van der Waals surface area contributed by atoms with Crippen LogP contribution in [0.4, 0.5) is 28.8 Å². The molecule has 1 atom stereocenters. The summed E-state index contributed by atoms with van der Waals surface area (Å²) in [6, 6.07) is 13.6. The molecular formula is C51H59BrN11O5P. The van der Waals surface area contributed by atoms with Crippen LogP contribution in [-0.2, 0) is 20.7 Å². The van der Waals surface area contributed by atoms with Gasteiger partial charge in [0.15, 0.2) is 0 Å². The third-order valence-corrected chi connectivity index (χ3v) is 15.8. The molecule has 4 aliphatic heterocycles. The fraction of sp³-hybridized carbons (Fsp3) is 0.431. The van der Waals surface area contributed by atoms with Crippen LogP contribution in [-0.4, -0.2) is 131 Å². The van der Waals surface area contributed by atoms with Crippen LogP contribution in [0.15, 0.2) is 65.5 Å². The largest absolute Gasteiger partial charge is 0.494 e. The summed E-state index contributed by atoms with van der Waals surface area (Å²) in [7, 11) is -1.09. The Labute approximate surface area is 411 Å². The van der Waals surface area contributed by atoms with Gasteiger partial charge in [-0.05, 0) is 122 Å². The molecular weight excluding hydrogens is 958 g/mol. The highest BCUT2D eigenvalue weighted by Crippen LogP contribution is 2.42. The number of carbonyl (C=O) groups excluding carboxylic acids is 3. The standard InChI is InChI=1S/C51H59BrN11O5P/c1-33-28-41(57-51-55-31-38(52)48(59-51)56-40-14-13-39-46(54-20-19-53-39)47(40)69(3,4)67)44(68-2)30-43(33)62-22-17-36(18-23-62)61-26-24-60(25-27-61)21-9-7-5-6-8-10-34-11-12-37-35(29-34)32-63(50(37)66)42-15-16-45(64)58-49(42)65/h11-14,19-20,28-31,36,42H,5-7,9,15-18,21-27,32H2,1-4H3,(H,58,64,65)(H2,55,56,57,59). The number of piperazine rings is 1. The van der Waals surface area contributed by atoms with Crippen molar-refractivity contribution in [1.29, 1.82) is 0 Å². The van der Waals surface area contributed by atoms with E-state index in [4.69, 9.17) is 9.72 Å². The minimum Gasteiger partial charge on any atom is -0.494 e. The maximum Gasteiger partial charge on any atom is 0.255 e. The van der Waals surface area contributed by atoms with Crippen LogP contribution in [0.25, 0.3) is 11.0 Å². The van der Waals surface area contributed by atoms with Gasteiger partial charge in [0.05, 0.1) is 33.8 Å². The van der Waals surface area contributed by atoms with Gasteiger partial charge in [-0.3, -0.25) is 34.6 Å². The van der Waals surface area contributed by atoms with E-state index in [0.717, 1.165) is 107 Å². The average molecular weight is 1020 g/mol. The molecule has 5 aromatic rings. The average Bonchev–Trinajstić information content (AvgIpc) is 3.66. The summed E-state index contributed by atoms with van der Waals surface area (Å²) < 4.78 is 20.1. The molecule has 3 aromatic carbocycles. The maximum atomic E-state index is 13.5. The number of halogens is 1. The number of aromatic nitrogens is 4. The normalized spacial score (nSPS) is 18.2. The van der Waals surface area contributed by atoms with E-state index in [1.54, 1.807) is 43.9 Å². The molecule has 0 spiro atoms. The second kappa shape index (κ2) is 21.0. The van der Waals surface area contributed by atoms with Crippen LogP contribution < -0.4 is 30.9 Å². The summed E-state index contributed by atoms with van der Waals surface area (Å²) in [6.45, 7) is 13.4. The molecule has 0 aliphatic carbocycles. The highest BCUT2D eigenvalue weighted by Gasteiger charge is 2.39. The van der Waals surface area contributed by atoms with Gasteiger partial charge in [0.25, 0.3) is 5.91 Å². The van der Waals surface area contributed by atoms with Gasteiger partial charge < -0.3 is 34.6 Å². The Bertz CT molecular complexity index is 2880. The number of aryl methyl sites for hydroxylation is 1. The minimum atomic E-state index is -2.77. The van der Waals surface area contributed by atoms with Gasteiger partial charge in [0.2, 0.25) is 17.8 Å². The van der Waals surface area contributed by atoms with E-state index in [1.807, 2.05) is 30.3 Å². The summed E-state index contributed by atoms with van der Waals surface area (Å²) in [5.74, 6) is 7.35.